The summed E-state index contributed by atoms with van der Waals surface area (Å²) in [7, 11) is -11.0. The van der Waals surface area contributed by atoms with Crippen molar-refractivity contribution in [1.82, 2.24) is 9.55 Å². The molecule has 1 aliphatic heterocycles. The molecule has 416 valence electrons. The van der Waals surface area contributed by atoms with Crippen molar-refractivity contribution in [3.63, 3.8) is 0 Å². The highest BCUT2D eigenvalue weighted by Crippen LogP contribution is 2.60. The number of rotatable bonds is 40. The second kappa shape index (κ2) is 39.0. The molecule has 0 amide bonds. The average Bonchev–Trinajstić information content (AvgIpc) is 3.63. The van der Waals surface area contributed by atoms with Crippen LogP contribution in [0.3, 0.4) is 0 Å². The van der Waals surface area contributed by atoms with Gasteiger partial charge in [-0.15, -0.1) is 0 Å². The summed E-state index contributed by atoms with van der Waals surface area (Å²) in [5, 5.41) is 41.3. The average molecular weight is 1080 g/mol. The van der Waals surface area contributed by atoms with Crippen LogP contribution in [0.5, 0.6) is 0 Å². The van der Waals surface area contributed by atoms with E-state index in [0.29, 0.717) is 12.8 Å². The minimum absolute atomic E-state index is 0.0435. The zero-order chi connectivity index (χ0) is 54.5. The predicted molar refractivity (Wildman–Crippen MR) is 282 cm³/mol. The lowest BCUT2D eigenvalue weighted by molar-refractivity contribution is -0.161. The second-order valence-corrected chi connectivity index (χ2v) is 20.4. The zero-order valence-corrected chi connectivity index (χ0v) is 44.6. The molecule has 22 heteroatoms. The summed E-state index contributed by atoms with van der Waals surface area (Å²) >= 11 is 0. The van der Waals surface area contributed by atoms with Gasteiger partial charge in [0.1, 0.15) is 30.7 Å². The first kappa shape index (κ1) is 65.7. The fourth-order valence-electron chi connectivity index (χ4n) is 6.87. The highest BCUT2D eigenvalue weighted by atomic mass is 31.3. The fraction of sp³-hybridized carbons (Fsp3) is 0.577. The normalized spacial score (nSPS) is 20.5. The Bertz CT molecular complexity index is 2160. The molecule has 9 atom stereocenters. The quantitative estimate of drug-likeness (QED) is 0.0107. The molecule has 1 aromatic heterocycles. The molecule has 0 aliphatic carbocycles. The van der Waals surface area contributed by atoms with E-state index in [0.717, 1.165) is 87.8 Å². The number of phosphoric acid groups is 2. The first-order valence-corrected chi connectivity index (χ1v) is 28.5. The molecule has 2 rings (SSSR count). The van der Waals surface area contributed by atoms with Gasteiger partial charge in [-0.05, 0) is 76.7 Å². The summed E-state index contributed by atoms with van der Waals surface area (Å²) in [5.74, 6) is -1.58. The number of nitrogen functional groups attached to an aromatic ring is 1. The van der Waals surface area contributed by atoms with Crippen molar-refractivity contribution in [2.75, 3.05) is 25.6 Å². The number of phosphoric ester groups is 2. The smallest absolute Gasteiger partial charge is 0.462 e. The van der Waals surface area contributed by atoms with Crippen molar-refractivity contribution in [3.05, 3.63) is 120 Å². The minimum atomic E-state index is -5.50. The number of carbonyl (C=O) groups is 2. The van der Waals surface area contributed by atoms with Gasteiger partial charge >= 0.3 is 33.3 Å². The Balaban J connectivity index is 1.88. The molecule has 1 aromatic rings. The summed E-state index contributed by atoms with van der Waals surface area (Å²) in [5.41, 5.74) is 4.56. The third-order valence-electron chi connectivity index (χ3n) is 10.9. The summed E-state index contributed by atoms with van der Waals surface area (Å²) < 4.78 is 56.5. The van der Waals surface area contributed by atoms with Crippen molar-refractivity contribution in [2.24, 2.45) is 0 Å². The maximum absolute atomic E-state index is 12.9. The van der Waals surface area contributed by atoms with Gasteiger partial charge in [-0.25, -0.2) is 13.9 Å². The van der Waals surface area contributed by atoms with Crippen molar-refractivity contribution in [2.45, 2.75) is 172 Å². The SMILES string of the molecule is CC/C=C\C/C=C\C/C=C\C/C=C\CCCCCCC(=O)OC[C@H](COP(=O)(O)OP(=O)(O)OC[C@H]1O[C@@H](n2ccc(N)nc2=O)[C@H](O)[C@@H]1O)OC(=O)CCC[C@H](O)/C=C/C=C\C/C=C\C=C\[C@H](O)CCCCC. The number of aromatic nitrogens is 2. The van der Waals surface area contributed by atoms with Gasteiger partial charge in [-0.1, -0.05) is 143 Å². The molecule has 0 saturated carbocycles. The van der Waals surface area contributed by atoms with Crippen LogP contribution in [0.1, 0.15) is 136 Å². The number of allylic oxidation sites excluding steroid dienone is 14. The molecule has 0 aromatic carbocycles. The van der Waals surface area contributed by atoms with Crippen LogP contribution in [0, 0.1) is 0 Å². The van der Waals surface area contributed by atoms with Crippen molar-refractivity contribution >= 4 is 33.4 Å². The van der Waals surface area contributed by atoms with Gasteiger partial charge < -0.3 is 50.2 Å². The van der Waals surface area contributed by atoms with E-state index in [4.69, 9.17) is 29.0 Å². The van der Waals surface area contributed by atoms with Crippen LogP contribution < -0.4 is 11.4 Å². The number of aliphatic hydroxyl groups excluding tert-OH is 4. The molecule has 20 nitrogen and oxygen atoms in total. The number of ether oxygens (including phenoxy) is 3. The second-order valence-electron chi connectivity index (χ2n) is 17.3. The standard InChI is InChI=1S/C52H81N3O17P2/c1-3-5-7-8-9-10-11-12-13-14-15-16-17-18-22-25-29-35-47(58)67-39-44(70-48(59)36-30-34-43(57)33-28-24-21-19-20-23-27-32-42(56)31-26-6-4-2)40-68-73(63,64)72-74(65,66)69-41-45-49(60)50(61)51(71-45)55-38-37-46(53)54-52(55)62/h5,7,9-10,12-13,15-16,20-21,23-24,27-28,32-33,37-38,42-45,49-51,56-57,60-61H,3-4,6,8,11,14,17-19,22,25-26,29-31,34-36,39-41H2,1-2H3,(H,63,64)(H,65,66)(H2,53,54,62)/b7-5-,10-9-,13-12-,16-15-,23-20-,24-21-,32-27+,33-28+/t42-,43-,44-,45-,49-,50-,51-/m1/s1. The topological polar surface area (TPSA) is 306 Å². The number of nitrogens with two attached hydrogens (primary N) is 1. The third kappa shape index (κ3) is 31.5. The maximum atomic E-state index is 12.9. The van der Waals surface area contributed by atoms with Crippen LogP contribution in [0.25, 0.3) is 0 Å². The molecule has 0 bridgehead atoms. The Morgan fingerprint density at radius 1 is 0.730 bits per heavy atom. The Labute approximate surface area is 435 Å². The number of aliphatic hydroxyl groups is 4. The first-order valence-electron chi connectivity index (χ1n) is 25.5. The van der Waals surface area contributed by atoms with Gasteiger partial charge in [-0.3, -0.25) is 23.2 Å². The highest BCUT2D eigenvalue weighted by molar-refractivity contribution is 7.61. The van der Waals surface area contributed by atoms with E-state index >= 15 is 0 Å². The third-order valence-corrected chi connectivity index (χ3v) is 13.5. The monoisotopic (exact) mass is 1080 g/mol. The number of esters is 2. The summed E-state index contributed by atoms with van der Waals surface area (Å²) in [6.07, 6.45) is 35.5. The number of anilines is 1. The summed E-state index contributed by atoms with van der Waals surface area (Å²) in [6.45, 7) is 1.68. The fourth-order valence-corrected chi connectivity index (χ4v) is 8.98. The van der Waals surface area contributed by atoms with Gasteiger partial charge in [0, 0.05) is 19.0 Å². The van der Waals surface area contributed by atoms with Crippen LogP contribution in [0.2, 0.25) is 0 Å². The molecular formula is C52H81N3O17P2. The lowest BCUT2D eigenvalue weighted by Crippen LogP contribution is -2.36. The van der Waals surface area contributed by atoms with Gasteiger partial charge in [0.15, 0.2) is 12.3 Å². The van der Waals surface area contributed by atoms with Gasteiger partial charge in [0.25, 0.3) is 0 Å². The van der Waals surface area contributed by atoms with E-state index in [1.165, 1.54) is 6.07 Å². The molecular weight excluding hydrogens is 1000 g/mol. The first-order chi connectivity index (χ1) is 35.5. The molecule has 1 saturated heterocycles. The number of unbranched alkanes of at least 4 members (excludes halogenated alkanes) is 6. The van der Waals surface area contributed by atoms with Crippen LogP contribution in [-0.2, 0) is 46.3 Å². The maximum Gasteiger partial charge on any atom is 0.481 e. The van der Waals surface area contributed by atoms with E-state index in [-0.39, 0.29) is 31.5 Å². The summed E-state index contributed by atoms with van der Waals surface area (Å²) in [4.78, 5) is 61.9. The largest absolute Gasteiger partial charge is 0.481 e. The molecule has 8 N–H and O–H groups in total. The molecule has 1 aliphatic rings. The van der Waals surface area contributed by atoms with Crippen molar-refractivity contribution in [3.8, 4) is 0 Å². The molecule has 1 fully saturated rings. The van der Waals surface area contributed by atoms with Crippen molar-refractivity contribution in [1.29, 1.82) is 0 Å². The number of carbonyl (C=O) groups excluding carboxylic acids is 2. The Kier molecular flexibility index (Phi) is 34.7. The number of hydrogen-bond acceptors (Lipinski definition) is 17. The van der Waals surface area contributed by atoms with Crippen LogP contribution >= 0.6 is 15.6 Å². The molecule has 74 heavy (non-hydrogen) atoms. The molecule has 0 radical (unpaired) electrons. The van der Waals surface area contributed by atoms with Crippen molar-refractivity contribution < 1.29 is 76.5 Å². The Hall–Kier alpha value is -4.40. The zero-order valence-electron chi connectivity index (χ0n) is 42.8. The predicted octanol–water partition coefficient (Wildman–Crippen LogP) is 8.38. The van der Waals surface area contributed by atoms with E-state index in [2.05, 4.69) is 71.8 Å². The van der Waals surface area contributed by atoms with E-state index in [9.17, 15) is 53.7 Å². The van der Waals surface area contributed by atoms with Gasteiger partial charge in [0.05, 0.1) is 25.4 Å². The minimum Gasteiger partial charge on any atom is -0.462 e. The van der Waals surface area contributed by atoms with E-state index < -0.39 is 95.9 Å². The Morgan fingerprint density at radius 2 is 1.31 bits per heavy atom. The van der Waals surface area contributed by atoms with Crippen LogP contribution in [0.4, 0.5) is 5.82 Å². The number of nitrogens with zero attached hydrogens (tertiary/aromatic N) is 2. The summed E-state index contributed by atoms with van der Waals surface area (Å²) in [6, 6.07) is 1.23. The molecule has 0 spiro atoms. The van der Waals surface area contributed by atoms with E-state index in [1.54, 1.807) is 24.3 Å². The number of hydrogen-bond donors (Lipinski definition) is 7. The Morgan fingerprint density at radius 3 is 1.95 bits per heavy atom. The van der Waals surface area contributed by atoms with Gasteiger partial charge in [0.2, 0.25) is 0 Å². The lowest BCUT2D eigenvalue weighted by atomic mass is 10.1. The van der Waals surface area contributed by atoms with Crippen LogP contribution in [0.15, 0.2) is 114 Å². The van der Waals surface area contributed by atoms with Crippen LogP contribution in [-0.4, -0.2) is 108 Å². The molecule has 2 unspecified atom stereocenters. The van der Waals surface area contributed by atoms with Gasteiger partial charge in [-0.2, -0.15) is 9.29 Å². The highest BCUT2D eigenvalue weighted by Gasteiger charge is 2.46. The van der Waals surface area contributed by atoms with E-state index in [1.807, 2.05) is 24.3 Å². The molecule has 2 heterocycles. The lowest BCUT2D eigenvalue weighted by Gasteiger charge is -2.21.